The van der Waals surface area contributed by atoms with Crippen LogP contribution >= 0.6 is 0 Å². The van der Waals surface area contributed by atoms with Crippen molar-refractivity contribution in [1.29, 1.82) is 0 Å². The molecule has 0 aliphatic rings. The van der Waals surface area contributed by atoms with Crippen LogP contribution in [0.2, 0.25) is 0 Å². The summed E-state index contributed by atoms with van der Waals surface area (Å²) in [5.41, 5.74) is -2.27. The van der Waals surface area contributed by atoms with Crippen LogP contribution in [0.15, 0.2) is 0 Å². The lowest BCUT2D eigenvalue weighted by Crippen LogP contribution is -2.52. The summed E-state index contributed by atoms with van der Waals surface area (Å²) in [5.74, 6) is -1.19. The molecule has 0 aliphatic heterocycles. The van der Waals surface area contributed by atoms with E-state index in [4.69, 9.17) is 9.78 Å². The lowest BCUT2D eigenvalue weighted by molar-refractivity contribution is -0.413. The third kappa shape index (κ3) is 5.09. The Hall–Kier alpha value is -0.650. The molecule has 19 heavy (non-hydrogen) atoms. The van der Waals surface area contributed by atoms with E-state index in [1.807, 2.05) is 27.7 Å². The molecule has 5 heteroatoms. The lowest BCUT2D eigenvalue weighted by Gasteiger charge is -2.35. The van der Waals surface area contributed by atoms with Crippen molar-refractivity contribution in [1.82, 2.24) is 0 Å². The molecule has 2 atom stereocenters. The maximum absolute atomic E-state index is 11.5. The van der Waals surface area contributed by atoms with Gasteiger partial charge in [-0.15, -0.1) is 0 Å². The Labute approximate surface area is 115 Å². The van der Waals surface area contributed by atoms with Gasteiger partial charge in [-0.25, -0.2) is 14.6 Å². The Morgan fingerprint density at radius 3 is 2.11 bits per heavy atom. The first-order valence-corrected chi connectivity index (χ1v) is 7.04. The Morgan fingerprint density at radius 1 is 1.16 bits per heavy atom. The van der Waals surface area contributed by atoms with E-state index in [1.165, 1.54) is 0 Å². The van der Waals surface area contributed by atoms with Crippen molar-refractivity contribution in [2.45, 2.75) is 84.0 Å². The Bertz CT molecular complexity index is 277. The Morgan fingerprint density at radius 2 is 1.74 bits per heavy atom. The summed E-state index contributed by atoms with van der Waals surface area (Å²) in [6.07, 6.45) is 1.75. The highest BCUT2D eigenvalue weighted by atomic mass is 17.2. The summed E-state index contributed by atoms with van der Waals surface area (Å²) in [5, 5.41) is 19.5. The number of carboxylic acid groups (broad SMARTS) is 1. The quantitative estimate of drug-likeness (QED) is 0.474. The van der Waals surface area contributed by atoms with E-state index in [-0.39, 0.29) is 6.42 Å². The Kier molecular flexibility index (Phi) is 7.55. The van der Waals surface area contributed by atoms with Crippen molar-refractivity contribution in [3.63, 3.8) is 0 Å². The topological polar surface area (TPSA) is 76.0 Å². The number of aliphatic hydroxyl groups is 1. The summed E-state index contributed by atoms with van der Waals surface area (Å²) in [7, 11) is 0. The molecule has 0 aromatic carbocycles. The molecule has 0 bridgehead atoms. The predicted molar refractivity (Wildman–Crippen MR) is 72.7 cm³/mol. The van der Waals surface area contributed by atoms with Gasteiger partial charge in [-0.3, -0.25) is 0 Å². The van der Waals surface area contributed by atoms with Crippen molar-refractivity contribution in [3.8, 4) is 0 Å². The van der Waals surface area contributed by atoms with Crippen molar-refractivity contribution in [2.75, 3.05) is 0 Å². The van der Waals surface area contributed by atoms with E-state index in [1.54, 1.807) is 6.92 Å². The van der Waals surface area contributed by atoms with Crippen LogP contribution in [0, 0.1) is 0 Å². The smallest absolute Gasteiger partial charge is 0.342 e. The van der Waals surface area contributed by atoms with E-state index in [0.29, 0.717) is 12.8 Å². The number of aliphatic carboxylic acids is 1. The summed E-state index contributed by atoms with van der Waals surface area (Å²) < 4.78 is 0. The van der Waals surface area contributed by atoms with Crippen LogP contribution in [0.5, 0.6) is 0 Å². The van der Waals surface area contributed by atoms with Crippen LogP contribution in [-0.2, 0) is 14.6 Å². The van der Waals surface area contributed by atoms with Crippen LogP contribution < -0.4 is 0 Å². The summed E-state index contributed by atoms with van der Waals surface area (Å²) in [4.78, 5) is 22.0. The van der Waals surface area contributed by atoms with Gasteiger partial charge in [0.2, 0.25) is 5.60 Å². The lowest BCUT2D eigenvalue weighted by atomic mass is 9.91. The average molecular weight is 276 g/mol. The van der Waals surface area contributed by atoms with Gasteiger partial charge in [0, 0.05) is 0 Å². The second-order valence-electron chi connectivity index (χ2n) is 5.53. The van der Waals surface area contributed by atoms with Gasteiger partial charge in [0.1, 0.15) is 0 Å². The van der Waals surface area contributed by atoms with E-state index in [2.05, 4.69) is 0 Å². The molecule has 2 unspecified atom stereocenters. The third-order valence-corrected chi connectivity index (χ3v) is 3.26. The summed E-state index contributed by atoms with van der Waals surface area (Å²) >= 11 is 0. The number of aliphatic hydroxyl groups excluding tert-OH is 1. The SMILES string of the molecule is CCCC(O)C(CC)(OOC(C)(C)CCC)C(=O)O. The number of carbonyl (C=O) groups is 1. The first-order valence-electron chi connectivity index (χ1n) is 7.04. The minimum Gasteiger partial charge on any atom is -0.479 e. The molecule has 0 saturated carbocycles. The highest BCUT2D eigenvalue weighted by Gasteiger charge is 2.47. The molecule has 0 amide bonds. The fraction of sp³-hybridized carbons (Fsp3) is 0.929. The van der Waals surface area contributed by atoms with E-state index in [9.17, 15) is 15.0 Å². The molecular formula is C14H28O5. The van der Waals surface area contributed by atoms with Gasteiger partial charge < -0.3 is 10.2 Å². The molecule has 0 spiro atoms. The van der Waals surface area contributed by atoms with Crippen LogP contribution in [0.25, 0.3) is 0 Å². The normalized spacial score (nSPS) is 16.9. The fourth-order valence-electron chi connectivity index (χ4n) is 2.02. The van der Waals surface area contributed by atoms with Crippen LogP contribution in [0.3, 0.4) is 0 Å². The van der Waals surface area contributed by atoms with Crippen LogP contribution in [0.4, 0.5) is 0 Å². The molecule has 2 N–H and O–H groups in total. The van der Waals surface area contributed by atoms with Crippen LogP contribution in [-0.4, -0.2) is 33.5 Å². The third-order valence-electron chi connectivity index (χ3n) is 3.26. The number of hydrogen-bond acceptors (Lipinski definition) is 4. The summed E-state index contributed by atoms with van der Waals surface area (Å²) in [6.45, 7) is 9.24. The van der Waals surface area contributed by atoms with Crippen molar-refractivity contribution < 1.29 is 24.8 Å². The molecule has 0 saturated heterocycles. The molecular weight excluding hydrogens is 248 g/mol. The van der Waals surface area contributed by atoms with Gasteiger partial charge in [0.25, 0.3) is 0 Å². The molecule has 0 rings (SSSR count). The number of carboxylic acids is 1. The van der Waals surface area contributed by atoms with E-state index < -0.39 is 23.3 Å². The second-order valence-corrected chi connectivity index (χ2v) is 5.53. The minimum atomic E-state index is -1.69. The van der Waals surface area contributed by atoms with Crippen molar-refractivity contribution in [3.05, 3.63) is 0 Å². The highest BCUT2D eigenvalue weighted by Crippen LogP contribution is 2.28. The zero-order valence-electron chi connectivity index (χ0n) is 12.7. The first kappa shape index (κ1) is 18.4. The fourth-order valence-corrected chi connectivity index (χ4v) is 2.02. The molecule has 0 fully saturated rings. The monoisotopic (exact) mass is 276 g/mol. The maximum atomic E-state index is 11.5. The number of rotatable bonds is 10. The molecule has 0 aliphatic carbocycles. The molecule has 114 valence electrons. The first-order chi connectivity index (χ1) is 8.75. The van der Waals surface area contributed by atoms with E-state index >= 15 is 0 Å². The minimum absolute atomic E-state index is 0.145. The largest absolute Gasteiger partial charge is 0.479 e. The predicted octanol–water partition coefficient (Wildman–Crippen LogP) is 2.91. The molecule has 0 aromatic heterocycles. The van der Waals surface area contributed by atoms with E-state index in [0.717, 1.165) is 12.8 Å². The van der Waals surface area contributed by atoms with Gasteiger partial charge in [-0.05, 0) is 33.1 Å². The molecule has 0 radical (unpaired) electrons. The summed E-state index contributed by atoms with van der Waals surface area (Å²) in [6, 6.07) is 0. The number of hydrogen-bond donors (Lipinski definition) is 2. The zero-order valence-corrected chi connectivity index (χ0v) is 12.7. The average Bonchev–Trinajstić information content (AvgIpc) is 2.30. The van der Waals surface area contributed by atoms with Crippen molar-refractivity contribution >= 4 is 5.97 Å². The van der Waals surface area contributed by atoms with Crippen LogP contribution in [0.1, 0.15) is 66.7 Å². The maximum Gasteiger partial charge on any atom is 0.342 e. The molecule has 0 aromatic rings. The molecule has 5 nitrogen and oxygen atoms in total. The molecule has 0 heterocycles. The zero-order chi connectivity index (χ0) is 15.1. The van der Waals surface area contributed by atoms with Gasteiger partial charge >= 0.3 is 5.97 Å². The Balaban J connectivity index is 4.91. The standard InChI is InChI=1S/C14H28O5/c1-6-9-11(15)14(8-3,12(16)17)19-18-13(4,5)10-7-2/h11,15H,6-10H2,1-5H3,(H,16,17). The van der Waals surface area contributed by atoms with Gasteiger partial charge in [-0.2, -0.15) is 0 Å². The van der Waals surface area contributed by atoms with Crippen molar-refractivity contribution in [2.24, 2.45) is 0 Å². The van der Waals surface area contributed by atoms with Gasteiger partial charge in [-0.1, -0.05) is 33.6 Å². The highest BCUT2D eigenvalue weighted by molar-refractivity contribution is 5.78. The van der Waals surface area contributed by atoms with Gasteiger partial charge in [0.05, 0.1) is 11.7 Å². The van der Waals surface area contributed by atoms with Gasteiger partial charge in [0.15, 0.2) is 0 Å². The second kappa shape index (κ2) is 7.82.